The lowest BCUT2D eigenvalue weighted by Crippen LogP contribution is -2.37. The molecule has 0 saturated heterocycles. The molecule has 1 atom stereocenters. The molecule has 3 nitrogen and oxygen atoms in total. The molecule has 0 bridgehead atoms. The van der Waals surface area contributed by atoms with Gasteiger partial charge in [-0.25, -0.2) is 4.98 Å². The molecule has 1 heterocycles. The summed E-state index contributed by atoms with van der Waals surface area (Å²) in [6, 6.07) is 3.32. The van der Waals surface area contributed by atoms with Crippen LogP contribution in [0.4, 0.5) is 0 Å². The van der Waals surface area contributed by atoms with E-state index in [9.17, 15) is 9.90 Å². The van der Waals surface area contributed by atoms with Crippen LogP contribution in [0.1, 0.15) is 26.3 Å². The molecule has 0 radical (unpaired) electrons. The van der Waals surface area contributed by atoms with Gasteiger partial charge in [-0.1, -0.05) is 31.5 Å². The summed E-state index contributed by atoms with van der Waals surface area (Å²) >= 11 is 5.66. The molecular weight excluding hydrogens is 214 g/mol. The first kappa shape index (κ1) is 12.0. The molecule has 0 aromatic carbocycles. The highest BCUT2D eigenvalue weighted by Crippen LogP contribution is 2.32. The van der Waals surface area contributed by atoms with Gasteiger partial charge < -0.3 is 5.11 Å². The van der Waals surface area contributed by atoms with Gasteiger partial charge in [0, 0.05) is 6.20 Å². The minimum Gasteiger partial charge on any atom is -0.481 e. The number of carbonyl (C=O) groups is 1. The number of carboxylic acids is 1. The number of hydrogen-bond donors (Lipinski definition) is 1. The van der Waals surface area contributed by atoms with Gasteiger partial charge in [0.1, 0.15) is 5.15 Å². The normalized spacial score (nSPS) is 15.0. The topological polar surface area (TPSA) is 50.2 Å². The third kappa shape index (κ3) is 2.12. The molecule has 0 amide bonds. The Kier molecular flexibility index (Phi) is 3.35. The summed E-state index contributed by atoms with van der Waals surface area (Å²) in [5.74, 6) is -0.861. The first-order chi connectivity index (χ1) is 6.89. The van der Waals surface area contributed by atoms with Crippen molar-refractivity contribution in [2.75, 3.05) is 0 Å². The zero-order valence-electron chi connectivity index (χ0n) is 8.99. The van der Waals surface area contributed by atoms with Crippen LogP contribution in [0.3, 0.4) is 0 Å². The van der Waals surface area contributed by atoms with Crippen LogP contribution < -0.4 is 0 Å². The molecule has 0 spiro atoms. The van der Waals surface area contributed by atoms with Crippen molar-refractivity contribution in [2.24, 2.45) is 5.92 Å². The number of halogens is 1. The Labute approximate surface area is 94.1 Å². The van der Waals surface area contributed by atoms with Crippen molar-refractivity contribution in [3.8, 4) is 0 Å². The van der Waals surface area contributed by atoms with Crippen molar-refractivity contribution < 1.29 is 9.90 Å². The number of nitrogens with zero attached hydrogens (tertiary/aromatic N) is 1. The van der Waals surface area contributed by atoms with Crippen molar-refractivity contribution in [1.82, 2.24) is 4.98 Å². The fourth-order valence-corrected chi connectivity index (χ4v) is 1.50. The van der Waals surface area contributed by atoms with Crippen LogP contribution in [0.5, 0.6) is 0 Å². The lowest BCUT2D eigenvalue weighted by atomic mass is 9.74. The van der Waals surface area contributed by atoms with Crippen LogP contribution >= 0.6 is 11.6 Å². The van der Waals surface area contributed by atoms with E-state index in [1.165, 1.54) is 6.20 Å². The predicted molar refractivity (Wildman–Crippen MR) is 59.1 cm³/mol. The standard InChI is InChI=1S/C11H14ClNO2/c1-7(2)11(3,10(14)15)8-4-5-9(12)13-6-8/h4-7H,1-3H3,(H,14,15). The summed E-state index contributed by atoms with van der Waals surface area (Å²) in [6.45, 7) is 5.45. The maximum Gasteiger partial charge on any atom is 0.314 e. The Morgan fingerprint density at radius 2 is 2.13 bits per heavy atom. The Morgan fingerprint density at radius 3 is 2.47 bits per heavy atom. The van der Waals surface area contributed by atoms with Gasteiger partial charge in [-0.3, -0.25) is 4.79 Å². The Hall–Kier alpha value is -1.09. The Morgan fingerprint density at radius 1 is 1.53 bits per heavy atom. The largest absolute Gasteiger partial charge is 0.481 e. The van der Waals surface area contributed by atoms with Crippen LogP contribution in [0, 0.1) is 5.92 Å². The molecule has 0 aliphatic heterocycles. The summed E-state index contributed by atoms with van der Waals surface area (Å²) in [5, 5.41) is 9.64. The minimum absolute atomic E-state index is 0.0158. The molecule has 1 rings (SSSR count). The second kappa shape index (κ2) is 4.19. The van der Waals surface area contributed by atoms with Gasteiger partial charge in [0.2, 0.25) is 0 Å². The molecule has 1 aromatic heterocycles. The number of hydrogen-bond acceptors (Lipinski definition) is 2. The average Bonchev–Trinajstić information content (AvgIpc) is 2.17. The molecule has 15 heavy (non-hydrogen) atoms. The second-order valence-corrected chi connectivity index (χ2v) is 4.42. The van der Waals surface area contributed by atoms with E-state index in [2.05, 4.69) is 4.98 Å². The molecule has 0 aliphatic carbocycles. The summed E-state index contributed by atoms with van der Waals surface area (Å²) in [6.07, 6.45) is 1.52. The van der Waals surface area contributed by atoms with Crippen LogP contribution in [0.15, 0.2) is 18.3 Å². The van der Waals surface area contributed by atoms with Crippen molar-refractivity contribution in [1.29, 1.82) is 0 Å². The number of carboxylic acid groups (broad SMARTS) is 1. The van der Waals surface area contributed by atoms with Crippen molar-refractivity contribution in [3.05, 3.63) is 29.0 Å². The van der Waals surface area contributed by atoms with Crippen molar-refractivity contribution >= 4 is 17.6 Å². The first-order valence-corrected chi connectivity index (χ1v) is 5.12. The quantitative estimate of drug-likeness (QED) is 0.808. The molecule has 0 fully saturated rings. The van der Waals surface area contributed by atoms with Gasteiger partial charge in [0.05, 0.1) is 5.41 Å². The molecule has 1 N–H and O–H groups in total. The van der Waals surface area contributed by atoms with E-state index in [1.807, 2.05) is 13.8 Å². The van der Waals surface area contributed by atoms with Crippen LogP contribution in [-0.4, -0.2) is 16.1 Å². The highest BCUT2D eigenvalue weighted by molar-refractivity contribution is 6.29. The summed E-state index contributed by atoms with van der Waals surface area (Å²) in [5.41, 5.74) is -0.244. The zero-order valence-corrected chi connectivity index (χ0v) is 9.75. The molecule has 1 unspecified atom stereocenters. The number of rotatable bonds is 3. The fraction of sp³-hybridized carbons (Fsp3) is 0.455. The third-order valence-corrected chi connectivity index (χ3v) is 3.15. The Balaban J connectivity index is 3.22. The van der Waals surface area contributed by atoms with E-state index in [0.717, 1.165) is 0 Å². The highest BCUT2D eigenvalue weighted by atomic mass is 35.5. The second-order valence-electron chi connectivity index (χ2n) is 4.03. The maximum atomic E-state index is 11.3. The summed E-state index contributed by atoms with van der Waals surface area (Å²) < 4.78 is 0. The number of aromatic nitrogens is 1. The van der Waals surface area contributed by atoms with E-state index < -0.39 is 11.4 Å². The summed E-state index contributed by atoms with van der Waals surface area (Å²) in [4.78, 5) is 15.2. The van der Waals surface area contributed by atoms with Gasteiger partial charge in [-0.05, 0) is 24.5 Å². The Bertz CT molecular complexity index is 361. The molecule has 1 aromatic rings. The van der Waals surface area contributed by atoms with E-state index in [-0.39, 0.29) is 5.92 Å². The van der Waals surface area contributed by atoms with Crippen LogP contribution in [-0.2, 0) is 10.2 Å². The molecular formula is C11H14ClNO2. The molecule has 0 aliphatic rings. The van der Waals surface area contributed by atoms with Crippen LogP contribution in [0.25, 0.3) is 0 Å². The van der Waals surface area contributed by atoms with E-state index in [4.69, 9.17) is 11.6 Å². The molecule has 4 heteroatoms. The number of aliphatic carboxylic acids is 1. The minimum atomic E-state index is -0.919. The van der Waals surface area contributed by atoms with Gasteiger partial charge in [0.15, 0.2) is 0 Å². The van der Waals surface area contributed by atoms with Gasteiger partial charge >= 0.3 is 5.97 Å². The SMILES string of the molecule is CC(C)C(C)(C(=O)O)c1ccc(Cl)nc1. The fourth-order valence-electron chi connectivity index (χ4n) is 1.39. The van der Waals surface area contributed by atoms with Gasteiger partial charge in [-0.2, -0.15) is 0 Å². The van der Waals surface area contributed by atoms with E-state index >= 15 is 0 Å². The smallest absolute Gasteiger partial charge is 0.314 e. The monoisotopic (exact) mass is 227 g/mol. The zero-order chi connectivity index (χ0) is 11.6. The van der Waals surface area contributed by atoms with Crippen molar-refractivity contribution in [2.45, 2.75) is 26.2 Å². The van der Waals surface area contributed by atoms with Gasteiger partial charge in [-0.15, -0.1) is 0 Å². The lowest BCUT2D eigenvalue weighted by molar-refractivity contribution is -0.145. The lowest BCUT2D eigenvalue weighted by Gasteiger charge is -2.29. The van der Waals surface area contributed by atoms with Crippen LogP contribution in [0.2, 0.25) is 5.15 Å². The predicted octanol–water partition coefficient (Wildman–Crippen LogP) is 2.73. The molecule has 0 saturated carbocycles. The summed E-state index contributed by atoms with van der Waals surface area (Å²) in [7, 11) is 0. The van der Waals surface area contributed by atoms with Crippen molar-refractivity contribution in [3.63, 3.8) is 0 Å². The molecule has 82 valence electrons. The van der Waals surface area contributed by atoms with E-state index in [0.29, 0.717) is 10.7 Å². The van der Waals surface area contributed by atoms with E-state index in [1.54, 1.807) is 19.1 Å². The third-order valence-electron chi connectivity index (χ3n) is 2.93. The first-order valence-electron chi connectivity index (χ1n) is 4.74. The van der Waals surface area contributed by atoms with Gasteiger partial charge in [0.25, 0.3) is 0 Å². The highest BCUT2D eigenvalue weighted by Gasteiger charge is 2.38. The maximum absolute atomic E-state index is 11.3. The average molecular weight is 228 g/mol. The number of pyridine rings is 1.